The summed E-state index contributed by atoms with van der Waals surface area (Å²) in [5, 5.41) is 2.97. The second-order valence-corrected chi connectivity index (χ2v) is 7.47. The minimum Gasteiger partial charge on any atom is -0.494 e. The van der Waals surface area contributed by atoms with E-state index >= 15 is 0 Å². The zero-order valence-electron chi connectivity index (χ0n) is 16.2. The van der Waals surface area contributed by atoms with Crippen molar-refractivity contribution in [3.63, 3.8) is 0 Å². The maximum absolute atomic E-state index is 12.1. The van der Waals surface area contributed by atoms with E-state index in [0.717, 1.165) is 23.9 Å². The first-order valence-electron chi connectivity index (χ1n) is 9.98. The van der Waals surface area contributed by atoms with E-state index in [2.05, 4.69) is 29.3 Å². The second kappa shape index (κ2) is 10.1. The van der Waals surface area contributed by atoms with Crippen LogP contribution in [0.5, 0.6) is 5.75 Å². The molecule has 144 valence electrons. The van der Waals surface area contributed by atoms with E-state index in [1.165, 1.54) is 31.5 Å². The smallest absolute Gasteiger partial charge is 0.224 e. The van der Waals surface area contributed by atoms with Crippen molar-refractivity contribution in [1.82, 2.24) is 4.90 Å². The van der Waals surface area contributed by atoms with Crippen LogP contribution in [0.25, 0.3) is 0 Å². The topological polar surface area (TPSA) is 41.6 Å². The van der Waals surface area contributed by atoms with Crippen LogP contribution in [-0.4, -0.2) is 30.5 Å². The number of amides is 1. The Bertz CT molecular complexity index is 692. The third-order valence-electron chi connectivity index (χ3n) is 5.08. The molecule has 0 saturated carbocycles. The Hall–Kier alpha value is -2.33. The van der Waals surface area contributed by atoms with Gasteiger partial charge in [0.2, 0.25) is 5.91 Å². The molecule has 1 fully saturated rings. The first-order valence-corrected chi connectivity index (χ1v) is 9.98. The molecule has 1 aliphatic heterocycles. The highest BCUT2D eigenvalue weighted by Gasteiger charge is 2.15. The number of benzene rings is 2. The summed E-state index contributed by atoms with van der Waals surface area (Å²) in [6.45, 7) is 6.25. The Kier molecular flexibility index (Phi) is 7.28. The lowest BCUT2D eigenvalue weighted by Gasteiger charge is -2.30. The van der Waals surface area contributed by atoms with E-state index in [9.17, 15) is 4.79 Å². The molecule has 4 heteroatoms. The summed E-state index contributed by atoms with van der Waals surface area (Å²) in [7, 11) is 0. The normalized spacial score (nSPS) is 15.4. The number of carbonyl (C=O) groups is 1. The van der Waals surface area contributed by atoms with Gasteiger partial charge in [-0.25, -0.2) is 0 Å². The Labute approximate surface area is 162 Å². The molecule has 0 atom stereocenters. The van der Waals surface area contributed by atoms with Gasteiger partial charge in [0.05, 0.1) is 6.61 Å². The van der Waals surface area contributed by atoms with Crippen LogP contribution in [0.3, 0.4) is 0 Å². The van der Waals surface area contributed by atoms with Crippen molar-refractivity contribution in [2.45, 2.75) is 39.2 Å². The second-order valence-electron chi connectivity index (χ2n) is 7.47. The number of nitrogens with one attached hydrogen (secondary N) is 1. The lowest BCUT2D eigenvalue weighted by Crippen LogP contribution is -2.32. The first kappa shape index (κ1) is 19.4. The molecule has 1 saturated heterocycles. The highest BCUT2D eigenvalue weighted by molar-refractivity contribution is 5.90. The van der Waals surface area contributed by atoms with Gasteiger partial charge in [-0.3, -0.25) is 9.69 Å². The number of carbonyl (C=O) groups excluding carboxylic acids is 1. The number of rotatable bonds is 8. The molecule has 4 nitrogen and oxygen atoms in total. The molecule has 2 aromatic rings. The van der Waals surface area contributed by atoms with Crippen LogP contribution in [0.2, 0.25) is 0 Å². The van der Waals surface area contributed by atoms with Crippen molar-refractivity contribution < 1.29 is 9.53 Å². The Morgan fingerprint density at radius 1 is 1.07 bits per heavy atom. The van der Waals surface area contributed by atoms with Crippen molar-refractivity contribution in [2.24, 2.45) is 5.92 Å². The number of hydrogen-bond acceptors (Lipinski definition) is 3. The van der Waals surface area contributed by atoms with E-state index in [1.54, 1.807) is 0 Å². The fraction of sp³-hybridized carbons (Fsp3) is 0.435. The summed E-state index contributed by atoms with van der Waals surface area (Å²) in [6.07, 6.45) is 3.75. The standard InChI is InChI=1S/C23H30N2O2/c1-19-13-15-25(16-14-19)18-20-9-11-21(12-10-20)24-23(26)8-5-17-27-22-6-3-2-4-7-22/h2-4,6-7,9-12,19H,5,8,13-18H2,1H3,(H,24,26). The van der Waals surface area contributed by atoms with Gasteiger partial charge in [0, 0.05) is 18.7 Å². The summed E-state index contributed by atoms with van der Waals surface area (Å²) in [4.78, 5) is 14.6. The molecular weight excluding hydrogens is 336 g/mol. The third kappa shape index (κ3) is 6.72. The van der Waals surface area contributed by atoms with Gasteiger partial charge in [0.15, 0.2) is 0 Å². The number of anilines is 1. The maximum atomic E-state index is 12.1. The number of piperidine rings is 1. The third-order valence-corrected chi connectivity index (χ3v) is 5.08. The highest BCUT2D eigenvalue weighted by atomic mass is 16.5. The van der Waals surface area contributed by atoms with E-state index in [4.69, 9.17) is 4.74 Å². The zero-order chi connectivity index (χ0) is 18.9. The molecule has 1 amide bonds. The van der Waals surface area contributed by atoms with E-state index in [1.807, 2.05) is 42.5 Å². The lowest BCUT2D eigenvalue weighted by atomic mass is 9.99. The van der Waals surface area contributed by atoms with E-state index in [-0.39, 0.29) is 5.91 Å². The van der Waals surface area contributed by atoms with Gasteiger partial charge < -0.3 is 10.1 Å². The fourth-order valence-electron chi connectivity index (χ4n) is 3.33. The minimum absolute atomic E-state index is 0.0319. The van der Waals surface area contributed by atoms with Crippen molar-refractivity contribution in [3.05, 3.63) is 60.2 Å². The summed E-state index contributed by atoms with van der Waals surface area (Å²) in [6, 6.07) is 17.9. The van der Waals surface area contributed by atoms with Crippen LogP contribution in [0.4, 0.5) is 5.69 Å². The molecule has 27 heavy (non-hydrogen) atoms. The Morgan fingerprint density at radius 3 is 2.48 bits per heavy atom. The summed E-state index contributed by atoms with van der Waals surface area (Å²) in [5.41, 5.74) is 2.17. The van der Waals surface area contributed by atoms with Crippen LogP contribution >= 0.6 is 0 Å². The SMILES string of the molecule is CC1CCN(Cc2ccc(NC(=O)CCCOc3ccccc3)cc2)CC1. The van der Waals surface area contributed by atoms with Crippen LogP contribution in [0.15, 0.2) is 54.6 Å². The van der Waals surface area contributed by atoms with Crippen LogP contribution in [0, 0.1) is 5.92 Å². The van der Waals surface area contributed by atoms with Gasteiger partial charge in [-0.1, -0.05) is 37.3 Å². The first-order chi connectivity index (χ1) is 13.2. The molecular formula is C23H30N2O2. The van der Waals surface area contributed by atoms with Gasteiger partial charge in [-0.15, -0.1) is 0 Å². The minimum atomic E-state index is 0.0319. The van der Waals surface area contributed by atoms with Crippen LogP contribution < -0.4 is 10.1 Å². The molecule has 0 radical (unpaired) electrons. The Morgan fingerprint density at radius 2 is 1.78 bits per heavy atom. The maximum Gasteiger partial charge on any atom is 0.224 e. The molecule has 0 spiro atoms. The predicted octanol–water partition coefficient (Wildman–Crippen LogP) is 4.72. The van der Waals surface area contributed by atoms with Crippen molar-refractivity contribution in [3.8, 4) is 5.75 Å². The fourth-order valence-corrected chi connectivity index (χ4v) is 3.33. The monoisotopic (exact) mass is 366 g/mol. The van der Waals surface area contributed by atoms with Crippen LogP contribution in [-0.2, 0) is 11.3 Å². The molecule has 0 bridgehead atoms. The molecule has 1 N–H and O–H groups in total. The average Bonchev–Trinajstić information content (AvgIpc) is 2.69. The number of likely N-dealkylation sites (tertiary alicyclic amines) is 1. The van der Waals surface area contributed by atoms with Gasteiger partial charge >= 0.3 is 0 Å². The molecule has 0 unspecified atom stereocenters. The quantitative estimate of drug-likeness (QED) is 0.688. The number of hydrogen-bond donors (Lipinski definition) is 1. The summed E-state index contributed by atoms with van der Waals surface area (Å²) >= 11 is 0. The van der Waals surface area contributed by atoms with Crippen LogP contribution in [0.1, 0.15) is 38.2 Å². The van der Waals surface area contributed by atoms with Gasteiger partial charge in [0.25, 0.3) is 0 Å². The van der Waals surface area contributed by atoms with Crippen molar-refractivity contribution >= 4 is 11.6 Å². The van der Waals surface area contributed by atoms with Gasteiger partial charge in [-0.05, 0) is 68.1 Å². The predicted molar refractivity (Wildman–Crippen MR) is 110 cm³/mol. The molecule has 1 heterocycles. The number of para-hydroxylation sites is 1. The number of ether oxygens (including phenoxy) is 1. The molecule has 0 aromatic heterocycles. The molecule has 1 aliphatic rings. The van der Waals surface area contributed by atoms with E-state index in [0.29, 0.717) is 19.4 Å². The highest BCUT2D eigenvalue weighted by Crippen LogP contribution is 2.19. The summed E-state index contributed by atoms with van der Waals surface area (Å²) in [5.74, 6) is 1.73. The lowest BCUT2D eigenvalue weighted by molar-refractivity contribution is -0.116. The largest absolute Gasteiger partial charge is 0.494 e. The molecule has 0 aliphatic carbocycles. The van der Waals surface area contributed by atoms with Crippen molar-refractivity contribution in [1.29, 1.82) is 0 Å². The Balaban J connectivity index is 1.35. The van der Waals surface area contributed by atoms with Gasteiger partial charge in [-0.2, -0.15) is 0 Å². The molecule has 2 aromatic carbocycles. The van der Waals surface area contributed by atoms with E-state index < -0.39 is 0 Å². The zero-order valence-corrected chi connectivity index (χ0v) is 16.2. The number of nitrogens with zero attached hydrogens (tertiary/aromatic N) is 1. The van der Waals surface area contributed by atoms with Crippen molar-refractivity contribution in [2.75, 3.05) is 25.0 Å². The molecule has 3 rings (SSSR count). The summed E-state index contributed by atoms with van der Waals surface area (Å²) < 4.78 is 5.62. The van der Waals surface area contributed by atoms with Gasteiger partial charge in [0.1, 0.15) is 5.75 Å². The average molecular weight is 367 g/mol.